The number of fused-ring (bicyclic) bond motifs is 1. The first kappa shape index (κ1) is 14.3. The quantitative estimate of drug-likeness (QED) is 0.894. The zero-order valence-electron chi connectivity index (χ0n) is 12.3. The van der Waals surface area contributed by atoms with Crippen molar-refractivity contribution in [3.05, 3.63) is 17.6 Å². The standard InChI is InChI=1S/C15H22N4O2/c20-14(21)10-18-6-3-7-19(9-8-18)15-12-4-1-2-5-13(12)16-11-17-15/h11H,1-10H2,(H,20,21). The number of anilines is 1. The summed E-state index contributed by atoms with van der Waals surface area (Å²) in [5, 5.41) is 8.92. The minimum atomic E-state index is -0.747. The number of aryl methyl sites for hydroxylation is 1. The van der Waals surface area contributed by atoms with Crippen molar-refractivity contribution in [3.63, 3.8) is 0 Å². The molecule has 21 heavy (non-hydrogen) atoms. The molecule has 0 aromatic carbocycles. The summed E-state index contributed by atoms with van der Waals surface area (Å²) in [5.74, 6) is 0.333. The van der Waals surface area contributed by atoms with Gasteiger partial charge in [-0.1, -0.05) is 0 Å². The predicted molar refractivity (Wildman–Crippen MR) is 79.6 cm³/mol. The van der Waals surface area contributed by atoms with Gasteiger partial charge in [-0.15, -0.1) is 0 Å². The number of rotatable bonds is 3. The van der Waals surface area contributed by atoms with Gasteiger partial charge in [0.2, 0.25) is 0 Å². The summed E-state index contributed by atoms with van der Waals surface area (Å²) in [5.41, 5.74) is 2.52. The number of hydrogen-bond donors (Lipinski definition) is 1. The fourth-order valence-corrected chi connectivity index (χ4v) is 3.31. The number of aliphatic carboxylic acids is 1. The predicted octanol–water partition coefficient (Wildman–Crippen LogP) is 0.952. The Labute approximate surface area is 124 Å². The van der Waals surface area contributed by atoms with Crippen LogP contribution < -0.4 is 4.90 Å². The summed E-state index contributed by atoms with van der Waals surface area (Å²) in [6.45, 7) is 3.55. The van der Waals surface area contributed by atoms with Crippen molar-refractivity contribution in [1.82, 2.24) is 14.9 Å². The summed E-state index contributed by atoms with van der Waals surface area (Å²) < 4.78 is 0. The van der Waals surface area contributed by atoms with E-state index in [1.165, 1.54) is 24.1 Å². The molecule has 6 nitrogen and oxygen atoms in total. The Balaban J connectivity index is 1.74. The molecule has 2 aliphatic rings. The van der Waals surface area contributed by atoms with E-state index in [1.54, 1.807) is 6.33 Å². The number of carboxylic acids is 1. The molecule has 1 aliphatic heterocycles. The minimum Gasteiger partial charge on any atom is -0.480 e. The number of hydrogen-bond acceptors (Lipinski definition) is 5. The van der Waals surface area contributed by atoms with Crippen molar-refractivity contribution in [2.75, 3.05) is 37.6 Å². The molecule has 1 aliphatic carbocycles. The highest BCUT2D eigenvalue weighted by Gasteiger charge is 2.22. The SMILES string of the molecule is O=C(O)CN1CCCN(c2ncnc3c2CCCC3)CC1. The number of carboxylic acid groups (broad SMARTS) is 1. The van der Waals surface area contributed by atoms with E-state index in [1.807, 2.05) is 4.90 Å². The van der Waals surface area contributed by atoms with Crippen LogP contribution in [0.2, 0.25) is 0 Å². The van der Waals surface area contributed by atoms with Gasteiger partial charge in [-0.05, 0) is 32.1 Å². The van der Waals surface area contributed by atoms with E-state index >= 15 is 0 Å². The van der Waals surface area contributed by atoms with E-state index in [0.29, 0.717) is 0 Å². The van der Waals surface area contributed by atoms with Gasteiger partial charge in [0.05, 0.1) is 6.54 Å². The molecule has 0 radical (unpaired) electrons. The van der Waals surface area contributed by atoms with Crippen LogP contribution in [0.5, 0.6) is 0 Å². The first-order chi connectivity index (χ1) is 10.2. The monoisotopic (exact) mass is 290 g/mol. The smallest absolute Gasteiger partial charge is 0.317 e. The van der Waals surface area contributed by atoms with Gasteiger partial charge in [-0.25, -0.2) is 9.97 Å². The molecule has 6 heteroatoms. The lowest BCUT2D eigenvalue weighted by atomic mass is 9.96. The Bertz CT molecular complexity index is 520. The maximum absolute atomic E-state index is 10.8. The number of aromatic nitrogens is 2. The second-order valence-corrected chi connectivity index (χ2v) is 5.84. The van der Waals surface area contributed by atoms with Crippen molar-refractivity contribution >= 4 is 11.8 Å². The van der Waals surface area contributed by atoms with Gasteiger partial charge in [0.1, 0.15) is 12.1 Å². The van der Waals surface area contributed by atoms with Crippen molar-refractivity contribution in [3.8, 4) is 0 Å². The highest BCUT2D eigenvalue weighted by atomic mass is 16.4. The third-order valence-electron chi connectivity index (χ3n) is 4.35. The fourth-order valence-electron chi connectivity index (χ4n) is 3.31. The topological polar surface area (TPSA) is 69.6 Å². The van der Waals surface area contributed by atoms with Gasteiger partial charge in [-0.2, -0.15) is 0 Å². The maximum atomic E-state index is 10.8. The molecule has 0 atom stereocenters. The van der Waals surface area contributed by atoms with E-state index in [9.17, 15) is 4.79 Å². The summed E-state index contributed by atoms with van der Waals surface area (Å²) in [4.78, 5) is 24.1. The van der Waals surface area contributed by atoms with Crippen LogP contribution in [0, 0.1) is 0 Å². The first-order valence-electron chi connectivity index (χ1n) is 7.76. The van der Waals surface area contributed by atoms with Crippen LogP contribution in [0.15, 0.2) is 6.33 Å². The van der Waals surface area contributed by atoms with Crippen molar-refractivity contribution in [2.45, 2.75) is 32.1 Å². The molecular weight excluding hydrogens is 268 g/mol. The highest BCUT2D eigenvalue weighted by Crippen LogP contribution is 2.27. The summed E-state index contributed by atoms with van der Waals surface area (Å²) >= 11 is 0. The Hall–Kier alpha value is -1.69. The van der Waals surface area contributed by atoms with Gasteiger partial charge in [-0.3, -0.25) is 9.69 Å². The Kier molecular flexibility index (Phi) is 4.34. The van der Waals surface area contributed by atoms with E-state index in [0.717, 1.165) is 51.3 Å². The van der Waals surface area contributed by atoms with E-state index in [-0.39, 0.29) is 6.54 Å². The third-order valence-corrected chi connectivity index (χ3v) is 4.35. The third kappa shape index (κ3) is 3.32. The molecule has 0 spiro atoms. The Morgan fingerprint density at radius 3 is 2.81 bits per heavy atom. The van der Waals surface area contributed by atoms with E-state index in [2.05, 4.69) is 14.9 Å². The number of carbonyl (C=O) groups is 1. The zero-order chi connectivity index (χ0) is 14.7. The van der Waals surface area contributed by atoms with Crippen LogP contribution in [-0.2, 0) is 17.6 Å². The molecular formula is C15H22N4O2. The lowest BCUT2D eigenvalue weighted by Gasteiger charge is -2.26. The normalized spacial score (nSPS) is 19.9. The molecule has 0 saturated carbocycles. The lowest BCUT2D eigenvalue weighted by molar-refractivity contribution is -0.138. The molecule has 0 bridgehead atoms. The molecule has 3 rings (SSSR count). The van der Waals surface area contributed by atoms with Gasteiger partial charge in [0, 0.05) is 37.4 Å². The molecule has 1 fully saturated rings. The molecule has 1 aromatic heterocycles. The van der Waals surface area contributed by atoms with Crippen molar-refractivity contribution in [1.29, 1.82) is 0 Å². The molecule has 0 unspecified atom stereocenters. The average molecular weight is 290 g/mol. The second kappa shape index (κ2) is 6.39. The highest BCUT2D eigenvalue weighted by molar-refractivity contribution is 5.69. The first-order valence-corrected chi connectivity index (χ1v) is 7.76. The van der Waals surface area contributed by atoms with Gasteiger partial charge < -0.3 is 10.0 Å². The lowest BCUT2D eigenvalue weighted by Crippen LogP contribution is -2.34. The Morgan fingerprint density at radius 1 is 1.10 bits per heavy atom. The summed E-state index contributed by atoms with van der Waals surface area (Å²) in [6, 6.07) is 0. The molecule has 114 valence electrons. The second-order valence-electron chi connectivity index (χ2n) is 5.84. The van der Waals surface area contributed by atoms with Crippen LogP contribution in [-0.4, -0.2) is 58.7 Å². The molecule has 0 amide bonds. The van der Waals surface area contributed by atoms with Gasteiger partial charge >= 0.3 is 5.97 Å². The van der Waals surface area contributed by atoms with Crippen LogP contribution >= 0.6 is 0 Å². The molecule has 1 aromatic rings. The molecule has 2 heterocycles. The molecule has 1 N–H and O–H groups in total. The van der Waals surface area contributed by atoms with Crippen LogP contribution in [0.4, 0.5) is 5.82 Å². The largest absolute Gasteiger partial charge is 0.480 e. The van der Waals surface area contributed by atoms with E-state index < -0.39 is 5.97 Å². The number of nitrogens with zero attached hydrogens (tertiary/aromatic N) is 4. The average Bonchev–Trinajstić information content (AvgIpc) is 2.71. The maximum Gasteiger partial charge on any atom is 0.317 e. The Morgan fingerprint density at radius 2 is 1.95 bits per heavy atom. The van der Waals surface area contributed by atoms with Crippen molar-refractivity contribution in [2.24, 2.45) is 0 Å². The van der Waals surface area contributed by atoms with Gasteiger partial charge in [0.25, 0.3) is 0 Å². The van der Waals surface area contributed by atoms with Gasteiger partial charge in [0.15, 0.2) is 0 Å². The van der Waals surface area contributed by atoms with Crippen LogP contribution in [0.25, 0.3) is 0 Å². The molecule has 1 saturated heterocycles. The van der Waals surface area contributed by atoms with Crippen LogP contribution in [0.3, 0.4) is 0 Å². The minimum absolute atomic E-state index is 0.135. The zero-order valence-corrected chi connectivity index (χ0v) is 12.3. The summed E-state index contributed by atoms with van der Waals surface area (Å²) in [7, 11) is 0. The van der Waals surface area contributed by atoms with Crippen LogP contribution in [0.1, 0.15) is 30.5 Å². The fraction of sp³-hybridized carbons (Fsp3) is 0.667. The van der Waals surface area contributed by atoms with Crippen molar-refractivity contribution < 1.29 is 9.90 Å². The van der Waals surface area contributed by atoms with E-state index in [4.69, 9.17) is 5.11 Å². The summed E-state index contributed by atoms with van der Waals surface area (Å²) in [6.07, 6.45) is 7.22.